The Morgan fingerprint density at radius 1 is 1.50 bits per heavy atom. The van der Waals surface area contributed by atoms with E-state index in [9.17, 15) is 0 Å². The van der Waals surface area contributed by atoms with E-state index in [2.05, 4.69) is 4.98 Å². The van der Waals surface area contributed by atoms with Crippen LogP contribution >= 0.6 is 22.9 Å². The molecule has 2 aromatic rings. The summed E-state index contributed by atoms with van der Waals surface area (Å²) in [7, 11) is 0. The smallest absolute Gasteiger partial charge is 0.130 e. The van der Waals surface area contributed by atoms with Crippen LogP contribution in [0.5, 0.6) is 0 Å². The molecule has 1 N–H and O–H groups in total. The lowest BCUT2D eigenvalue weighted by Crippen LogP contribution is -1.71. The molecule has 2 nitrogen and oxygen atoms in total. The van der Waals surface area contributed by atoms with Crippen LogP contribution in [0.1, 0.15) is 4.88 Å². The number of hydrogen-bond donors (Lipinski definition) is 1. The molecule has 62 valence electrons. The lowest BCUT2D eigenvalue weighted by atomic mass is 10.3. The van der Waals surface area contributed by atoms with Crippen LogP contribution in [0, 0.1) is 0 Å². The number of hydrogen-bond acceptors (Lipinski definition) is 3. The minimum Gasteiger partial charge on any atom is -0.391 e. The van der Waals surface area contributed by atoms with Crippen molar-refractivity contribution in [2.24, 2.45) is 0 Å². The van der Waals surface area contributed by atoms with E-state index in [1.54, 1.807) is 12.3 Å². The summed E-state index contributed by atoms with van der Waals surface area (Å²) < 4.78 is 1.07. The summed E-state index contributed by atoms with van der Waals surface area (Å²) in [4.78, 5) is 4.88. The Bertz CT molecular complexity index is 412. The standard InChI is InChI=1S/C8H6ClNOS/c9-8-2-7-5(3-10-8)1-6(4-11)12-7/h1-3,11H,4H2. The highest BCUT2D eigenvalue weighted by atomic mass is 35.5. The van der Waals surface area contributed by atoms with Crippen LogP contribution < -0.4 is 0 Å². The van der Waals surface area contributed by atoms with Gasteiger partial charge in [-0.05, 0) is 12.1 Å². The first-order valence-corrected chi connectivity index (χ1v) is 4.64. The van der Waals surface area contributed by atoms with E-state index in [0.717, 1.165) is 15.0 Å². The molecule has 2 aromatic heterocycles. The zero-order valence-electron chi connectivity index (χ0n) is 6.12. The number of nitrogens with zero attached hydrogens (tertiary/aromatic N) is 1. The second-order valence-corrected chi connectivity index (χ2v) is 3.97. The first-order chi connectivity index (χ1) is 5.79. The third-order valence-electron chi connectivity index (χ3n) is 1.58. The minimum atomic E-state index is 0.0803. The highest BCUT2D eigenvalue weighted by Crippen LogP contribution is 2.26. The normalized spacial score (nSPS) is 10.8. The van der Waals surface area contributed by atoms with Crippen LogP contribution in [0.2, 0.25) is 5.15 Å². The summed E-state index contributed by atoms with van der Waals surface area (Å²) in [6.07, 6.45) is 1.72. The van der Waals surface area contributed by atoms with Crippen molar-refractivity contribution < 1.29 is 5.11 Å². The van der Waals surface area contributed by atoms with Crippen LogP contribution in [0.25, 0.3) is 10.1 Å². The van der Waals surface area contributed by atoms with Gasteiger partial charge in [0.05, 0.1) is 6.61 Å². The van der Waals surface area contributed by atoms with Crippen molar-refractivity contribution in [2.45, 2.75) is 6.61 Å². The summed E-state index contributed by atoms with van der Waals surface area (Å²) in [6, 6.07) is 3.73. The van der Waals surface area contributed by atoms with Crippen molar-refractivity contribution in [1.29, 1.82) is 0 Å². The molecule has 0 saturated heterocycles. The zero-order valence-corrected chi connectivity index (χ0v) is 7.69. The van der Waals surface area contributed by atoms with E-state index in [4.69, 9.17) is 16.7 Å². The number of thiophene rings is 1. The van der Waals surface area contributed by atoms with Crippen molar-refractivity contribution in [3.05, 3.63) is 28.4 Å². The van der Waals surface area contributed by atoms with Crippen LogP contribution in [-0.2, 0) is 6.61 Å². The van der Waals surface area contributed by atoms with Gasteiger partial charge in [0.25, 0.3) is 0 Å². The second kappa shape index (κ2) is 3.01. The average Bonchev–Trinajstić information content (AvgIpc) is 2.46. The van der Waals surface area contributed by atoms with Gasteiger partial charge in [0.2, 0.25) is 0 Å². The molecule has 0 aliphatic heterocycles. The molecular formula is C8H6ClNOS. The van der Waals surface area contributed by atoms with Gasteiger partial charge in [-0.1, -0.05) is 11.6 Å². The summed E-state index contributed by atoms with van der Waals surface area (Å²) in [5.74, 6) is 0. The van der Waals surface area contributed by atoms with Crippen LogP contribution in [0.4, 0.5) is 0 Å². The van der Waals surface area contributed by atoms with E-state index < -0.39 is 0 Å². The monoisotopic (exact) mass is 199 g/mol. The Morgan fingerprint density at radius 2 is 2.33 bits per heavy atom. The van der Waals surface area contributed by atoms with Crippen molar-refractivity contribution in [3.63, 3.8) is 0 Å². The molecule has 0 aromatic carbocycles. The molecule has 2 rings (SSSR count). The lowest BCUT2D eigenvalue weighted by molar-refractivity contribution is 0.285. The van der Waals surface area contributed by atoms with Gasteiger partial charge < -0.3 is 5.11 Å². The Balaban J connectivity index is 2.67. The molecule has 0 bridgehead atoms. The predicted octanol–water partition coefficient (Wildman–Crippen LogP) is 2.44. The third kappa shape index (κ3) is 1.31. The third-order valence-corrected chi connectivity index (χ3v) is 2.86. The number of fused-ring (bicyclic) bond motifs is 1. The molecule has 0 saturated carbocycles. The fourth-order valence-corrected chi connectivity index (χ4v) is 2.20. The first-order valence-electron chi connectivity index (χ1n) is 3.44. The topological polar surface area (TPSA) is 33.1 Å². The Morgan fingerprint density at radius 3 is 3.08 bits per heavy atom. The van der Waals surface area contributed by atoms with Gasteiger partial charge in [0.1, 0.15) is 5.15 Å². The molecule has 0 amide bonds. The number of rotatable bonds is 1. The van der Waals surface area contributed by atoms with Crippen LogP contribution in [0.3, 0.4) is 0 Å². The number of aliphatic hydroxyl groups is 1. The lowest BCUT2D eigenvalue weighted by Gasteiger charge is -1.87. The van der Waals surface area contributed by atoms with Gasteiger partial charge in [-0.2, -0.15) is 0 Å². The van der Waals surface area contributed by atoms with Crippen molar-refractivity contribution in [3.8, 4) is 0 Å². The molecule has 0 radical (unpaired) electrons. The second-order valence-electron chi connectivity index (χ2n) is 2.42. The maximum Gasteiger partial charge on any atom is 0.130 e. The minimum absolute atomic E-state index is 0.0803. The summed E-state index contributed by atoms with van der Waals surface area (Å²) in [6.45, 7) is 0.0803. The van der Waals surface area contributed by atoms with E-state index in [1.807, 2.05) is 6.07 Å². The number of aromatic nitrogens is 1. The van der Waals surface area contributed by atoms with E-state index in [0.29, 0.717) is 5.15 Å². The van der Waals surface area contributed by atoms with Gasteiger partial charge in [0, 0.05) is 21.2 Å². The van der Waals surface area contributed by atoms with E-state index in [1.165, 1.54) is 11.3 Å². The SMILES string of the molecule is OCc1cc2cnc(Cl)cc2s1. The highest BCUT2D eigenvalue weighted by molar-refractivity contribution is 7.19. The molecule has 0 fully saturated rings. The Labute approximate surface area is 78.4 Å². The van der Waals surface area contributed by atoms with Crippen molar-refractivity contribution in [1.82, 2.24) is 4.98 Å². The van der Waals surface area contributed by atoms with Crippen molar-refractivity contribution >= 4 is 33.0 Å². The van der Waals surface area contributed by atoms with Gasteiger partial charge in [-0.3, -0.25) is 0 Å². The molecule has 0 spiro atoms. The summed E-state index contributed by atoms with van der Waals surface area (Å²) in [5, 5.41) is 10.4. The number of aliphatic hydroxyl groups excluding tert-OH is 1. The maximum absolute atomic E-state index is 8.86. The fourth-order valence-electron chi connectivity index (χ4n) is 1.04. The molecule has 0 aliphatic rings. The van der Waals surface area contributed by atoms with E-state index in [-0.39, 0.29) is 6.61 Å². The largest absolute Gasteiger partial charge is 0.391 e. The number of pyridine rings is 1. The van der Waals surface area contributed by atoms with Crippen LogP contribution in [-0.4, -0.2) is 10.1 Å². The Hall–Kier alpha value is -0.640. The summed E-state index contributed by atoms with van der Waals surface area (Å²) in [5.41, 5.74) is 0. The average molecular weight is 200 g/mol. The van der Waals surface area contributed by atoms with E-state index >= 15 is 0 Å². The molecule has 2 heterocycles. The summed E-state index contributed by atoms with van der Waals surface area (Å²) >= 11 is 7.24. The van der Waals surface area contributed by atoms with Crippen LogP contribution in [0.15, 0.2) is 18.3 Å². The molecule has 0 atom stereocenters. The van der Waals surface area contributed by atoms with Gasteiger partial charge in [-0.25, -0.2) is 4.98 Å². The molecular weight excluding hydrogens is 194 g/mol. The van der Waals surface area contributed by atoms with Crippen molar-refractivity contribution in [2.75, 3.05) is 0 Å². The highest BCUT2D eigenvalue weighted by Gasteiger charge is 2.01. The number of halogens is 1. The first kappa shape index (κ1) is 7.98. The maximum atomic E-state index is 8.86. The van der Waals surface area contributed by atoms with Gasteiger partial charge in [-0.15, -0.1) is 11.3 Å². The molecule has 0 unspecified atom stereocenters. The van der Waals surface area contributed by atoms with Gasteiger partial charge in [0.15, 0.2) is 0 Å². The molecule has 4 heteroatoms. The molecule has 0 aliphatic carbocycles. The molecule has 12 heavy (non-hydrogen) atoms. The quantitative estimate of drug-likeness (QED) is 0.716. The fraction of sp³-hybridized carbons (Fsp3) is 0.125. The zero-order chi connectivity index (χ0) is 8.55. The predicted molar refractivity (Wildman–Crippen MR) is 50.6 cm³/mol. The van der Waals surface area contributed by atoms with Gasteiger partial charge >= 0.3 is 0 Å². The Kier molecular flexibility index (Phi) is 2.00.